The predicted octanol–water partition coefficient (Wildman–Crippen LogP) is 3.67. The molecule has 1 atom stereocenters. The van der Waals surface area contributed by atoms with Gasteiger partial charge in [0.1, 0.15) is 11.1 Å². The lowest BCUT2D eigenvalue weighted by Crippen LogP contribution is -2.05. The Bertz CT molecular complexity index is 374. The molecule has 0 saturated heterocycles. The van der Waals surface area contributed by atoms with Gasteiger partial charge in [-0.05, 0) is 30.7 Å². The second-order valence-electron chi connectivity index (χ2n) is 3.58. The lowest BCUT2D eigenvalue weighted by atomic mass is 9.87. The molecule has 0 bridgehead atoms. The zero-order chi connectivity index (χ0) is 11.4. The Labute approximate surface area is 95.7 Å². The van der Waals surface area contributed by atoms with Crippen molar-refractivity contribution in [3.63, 3.8) is 0 Å². The van der Waals surface area contributed by atoms with E-state index in [1.165, 1.54) is 23.3 Å². The summed E-state index contributed by atoms with van der Waals surface area (Å²) in [5, 5.41) is 9.67. The number of rotatable bonds is 0. The maximum atomic E-state index is 8.96. The summed E-state index contributed by atoms with van der Waals surface area (Å²) in [7, 11) is 0. The number of anilines is 1. The van der Waals surface area contributed by atoms with Gasteiger partial charge in [-0.1, -0.05) is 20.8 Å². The first-order valence-electron chi connectivity index (χ1n) is 5.55. The van der Waals surface area contributed by atoms with Gasteiger partial charge < -0.3 is 5.73 Å². The van der Waals surface area contributed by atoms with Crippen molar-refractivity contribution < 1.29 is 0 Å². The summed E-state index contributed by atoms with van der Waals surface area (Å²) in [6, 6.07) is 2.22. The van der Waals surface area contributed by atoms with Gasteiger partial charge in [0.05, 0.1) is 5.56 Å². The van der Waals surface area contributed by atoms with Crippen molar-refractivity contribution in [2.24, 2.45) is 0 Å². The van der Waals surface area contributed by atoms with Gasteiger partial charge in [0.25, 0.3) is 0 Å². The molecule has 1 aliphatic rings. The van der Waals surface area contributed by atoms with E-state index >= 15 is 0 Å². The van der Waals surface area contributed by atoms with E-state index in [0.717, 1.165) is 12.0 Å². The number of nitrogens with two attached hydrogens (primary N) is 1. The summed E-state index contributed by atoms with van der Waals surface area (Å²) < 4.78 is 0. The zero-order valence-electron chi connectivity index (χ0n) is 9.63. The van der Waals surface area contributed by atoms with E-state index in [1.54, 1.807) is 11.3 Å². The number of nitriles is 1. The molecule has 2 N–H and O–H groups in total. The topological polar surface area (TPSA) is 49.8 Å². The van der Waals surface area contributed by atoms with Crippen LogP contribution >= 0.6 is 11.3 Å². The summed E-state index contributed by atoms with van der Waals surface area (Å²) in [5.41, 5.74) is 7.77. The third-order valence-corrected chi connectivity index (χ3v) is 3.79. The molecular formula is C12H18N2S. The summed E-state index contributed by atoms with van der Waals surface area (Å²) in [6.07, 6.45) is 3.53. The average Bonchev–Trinajstić information content (AvgIpc) is 2.58. The van der Waals surface area contributed by atoms with Crippen LogP contribution < -0.4 is 5.73 Å². The van der Waals surface area contributed by atoms with Gasteiger partial charge in [-0.25, -0.2) is 0 Å². The number of nitrogens with zero attached hydrogens (tertiary/aromatic N) is 1. The molecule has 0 aliphatic heterocycles. The number of hydrogen-bond donors (Lipinski definition) is 1. The molecular weight excluding hydrogens is 204 g/mol. The third kappa shape index (κ3) is 2.15. The van der Waals surface area contributed by atoms with E-state index in [-0.39, 0.29) is 0 Å². The first kappa shape index (κ1) is 12.1. The van der Waals surface area contributed by atoms with Crippen molar-refractivity contribution in [2.45, 2.75) is 46.0 Å². The van der Waals surface area contributed by atoms with Crippen LogP contribution in [0.1, 0.15) is 55.5 Å². The summed E-state index contributed by atoms with van der Waals surface area (Å²) in [6.45, 7) is 6.19. The lowest BCUT2D eigenvalue weighted by molar-refractivity contribution is 0.597. The molecule has 82 valence electrons. The minimum Gasteiger partial charge on any atom is -0.389 e. The number of aryl methyl sites for hydroxylation is 1. The quantitative estimate of drug-likeness (QED) is 0.728. The van der Waals surface area contributed by atoms with E-state index < -0.39 is 0 Å². The minimum absolute atomic E-state index is 0.520. The van der Waals surface area contributed by atoms with E-state index in [0.29, 0.717) is 10.9 Å². The van der Waals surface area contributed by atoms with Gasteiger partial charge in [-0.3, -0.25) is 0 Å². The molecule has 0 amide bonds. The van der Waals surface area contributed by atoms with Crippen LogP contribution in [-0.4, -0.2) is 0 Å². The fourth-order valence-corrected chi connectivity index (χ4v) is 3.23. The van der Waals surface area contributed by atoms with Crippen LogP contribution in [0.5, 0.6) is 0 Å². The summed E-state index contributed by atoms with van der Waals surface area (Å²) in [4.78, 5) is 1.34. The van der Waals surface area contributed by atoms with Gasteiger partial charge in [0.15, 0.2) is 0 Å². The first-order valence-corrected chi connectivity index (χ1v) is 6.36. The predicted molar refractivity (Wildman–Crippen MR) is 66.1 cm³/mol. The van der Waals surface area contributed by atoms with E-state index in [4.69, 9.17) is 11.0 Å². The molecule has 3 heteroatoms. The van der Waals surface area contributed by atoms with Crippen LogP contribution in [0.3, 0.4) is 0 Å². The Hall–Kier alpha value is -1.01. The van der Waals surface area contributed by atoms with E-state index in [1.807, 2.05) is 13.8 Å². The molecule has 1 heterocycles. The molecule has 0 aromatic carbocycles. The fraction of sp³-hybridized carbons (Fsp3) is 0.583. The summed E-state index contributed by atoms with van der Waals surface area (Å²) >= 11 is 1.60. The Morgan fingerprint density at radius 2 is 2.13 bits per heavy atom. The minimum atomic E-state index is 0.520. The Kier molecular flexibility index (Phi) is 4.16. The number of fused-ring (bicyclic) bond motifs is 1. The molecule has 1 aromatic rings. The smallest absolute Gasteiger partial charge is 0.104 e. The monoisotopic (exact) mass is 222 g/mol. The lowest BCUT2D eigenvalue weighted by Gasteiger charge is -2.18. The van der Waals surface area contributed by atoms with Gasteiger partial charge in [0, 0.05) is 4.88 Å². The van der Waals surface area contributed by atoms with E-state index in [2.05, 4.69) is 13.0 Å². The second-order valence-corrected chi connectivity index (χ2v) is 4.72. The van der Waals surface area contributed by atoms with Gasteiger partial charge in [0.2, 0.25) is 0 Å². The SMILES string of the molecule is CC.C[C@H]1CCCc2sc(N)c(C#N)c21. The second kappa shape index (κ2) is 5.18. The number of thiophene rings is 1. The molecule has 0 fully saturated rings. The Morgan fingerprint density at radius 3 is 2.73 bits per heavy atom. The standard InChI is InChI=1S/C10H12N2S.C2H6/c1-6-3-2-4-8-9(6)7(5-11)10(12)13-8;1-2/h6H,2-4,12H2,1H3;1-2H3/t6-;/m0./s1. The zero-order valence-corrected chi connectivity index (χ0v) is 10.4. The maximum Gasteiger partial charge on any atom is 0.104 e. The van der Waals surface area contributed by atoms with Crippen LogP contribution in [0.4, 0.5) is 5.00 Å². The molecule has 0 unspecified atom stereocenters. The highest BCUT2D eigenvalue weighted by molar-refractivity contribution is 7.16. The Balaban J connectivity index is 0.000000531. The first-order chi connectivity index (χ1) is 7.24. The molecule has 15 heavy (non-hydrogen) atoms. The van der Waals surface area contributed by atoms with Crippen LogP contribution in [0.15, 0.2) is 0 Å². The van der Waals surface area contributed by atoms with Crippen molar-refractivity contribution in [1.29, 1.82) is 5.26 Å². The van der Waals surface area contributed by atoms with Crippen molar-refractivity contribution in [3.8, 4) is 6.07 Å². The highest BCUT2D eigenvalue weighted by Gasteiger charge is 2.24. The average molecular weight is 222 g/mol. The molecule has 1 aromatic heterocycles. The third-order valence-electron chi connectivity index (χ3n) is 2.69. The maximum absolute atomic E-state index is 8.96. The van der Waals surface area contributed by atoms with Crippen molar-refractivity contribution >= 4 is 16.3 Å². The Morgan fingerprint density at radius 1 is 1.47 bits per heavy atom. The van der Waals surface area contributed by atoms with Gasteiger partial charge in [-0.15, -0.1) is 11.3 Å². The van der Waals surface area contributed by atoms with Crippen molar-refractivity contribution in [2.75, 3.05) is 5.73 Å². The van der Waals surface area contributed by atoms with E-state index in [9.17, 15) is 0 Å². The number of nitrogen functional groups attached to an aromatic ring is 1. The van der Waals surface area contributed by atoms with Crippen LogP contribution in [0.2, 0.25) is 0 Å². The molecule has 0 spiro atoms. The largest absolute Gasteiger partial charge is 0.389 e. The molecule has 2 nitrogen and oxygen atoms in total. The molecule has 0 radical (unpaired) electrons. The highest BCUT2D eigenvalue weighted by atomic mass is 32.1. The number of hydrogen-bond acceptors (Lipinski definition) is 3. The van der Waals surface area contributed by atoms with Gasteiger partial charge >= 0.3 is 0 Å². The fourth-order valence-electron chi connectivity index (χ4n) is 2.05. The molecule has 0 saturated carbocycles. The van der Waals surface area contributed by atoms with Crippen LogP contribution in [0.25, 0.3) is 0 Å². The van der Waals surface area contributed by atoms with Crippen LogP contribution in [-0.2, 0) is 6.42 Å². The normalized spacial score (nSPS) is 18.4. The van der Waals surface area contributed by atoms with Crippen LogP contribution in [0, 0.1) is 11.3 Å². The molecule has 2 rings (SSSR count). The van der Waals surface area contributed by atoms with Crippen molar-refractivity contribution in [3.05, 3.63) is 16.0 Å². The molecule has 1 aliphatic carbocycles. The highest BCUT2D eigenvalue weighted by Crippen LogP contribution is 2.41. The van der Waals surface area contributed by atoms with Crippen molar-refractivity contribution in [1.82, 2.24) is 0 Å². The van der Waals surface area contributed by atoms with Gasteiger partial charge in [-0.2, -0.15) is 5.26 Å². The summed E-state index contributed by atoms with van der Waals surface area (Å²) in [5.74, 6) is 0.520.